The third-order valence-corrected chi connectivity index (χ3v) is 6.89. The van der Waals surface area contributed by atoms with Crippen molar-refractivity contribution < 1.29 is 13.7 Å². The molecule has 1 unspecified atom stereocenters. The van der Waals surface area contributed by atoms with Crippen molar-refractivity contribution in [1.82, 2.24) is 10.1 Å². The average molecular weight is 510 g/mol. The van der Waals surface area contributed by atoms with E-state index in [1.165, 1.54) is 12.1 Å². The van der Waals surface area contributed by atoms with Gasteiger partial charge in [0.15, 0.2) is 11.6 Å². The predicted molar refractivity (Wildman–Crippen MR) is 145 cm³/mol. The Kier molecular flexibility index (Phi) is 7.26. The third-order valence-electron chi connectivity index (χ3n) is 6.89. The zero-order valence-electron chi connectivity index (χ0n) is 21.3. The van der Waals surface area contributed by atoms with Gasteiger partial charge in [-0.15, -0.1) is 0 Å². The first kappa shape index (κ1) is 25.3. The molecule has 0 fully saturated rings. The van der Waals surface area contributed by atoms with E-state index in [0.29, 0.717) is 18.7 Å². The Bertz CT molecular complexity index is 1580. The Hall–Kier alpha value is -4.39. The Balaban J connectivity index is 1.41. The molecule has 3 aromatic carbocycles. The van der Waals surface area contributed by atoms with Gasteiger partial charge < -0.3 is 0 Å². The predicted octanol–water partition coefficient (Wildman–Crippen LogP) is 6.34. The van der Waals surface area contributed by atoms with Crippen LogP contribution in [0, 0.1) is 11.7 Å². The van der Waals surface area contributed by atoms with Crippen LogP contribution < -0.4 is 5.76 Å². The van der Waals surface area contributed by atoms with Gasteiger partial charge in [0.25, 0.3) is 0 Å². The number of hydrogen-bond donors (Lipinski definition) is 1. The number of carbonyl (C=O) groups excluding carboxylic acids is 1. The van der Waals surface area contributed by atoms with Crippen molar-refractivity contribution in [3.8, 4) is 22.5 Å². The normalized spacial score (nSPS) is 15.6. The molecule has 0 saturated heterocycles. The zero-order chi connectivity index (χ0) is 26.6. The van der Waals surface area contributed by atoms with Crippen molar-refractivity contribution in [3.05, 3.63) is 112 Å². The molecule has 38 heavy (non-hydrogen) atoms. The van der Waals surface area contributed by atoms with Gasteiger partial charge >= 0.3 is 5.76 Å². The summed E-state index contributed by atoms with van der Waals surface area (Å²) in [5.74, 6) is -0.784. The standard InChI is InChI=1S/C31H28FN3O3/c1-3-6-28-27(29(36)26(19(2)33-28)17-21-11-15-23(32)16-12-21)18-20-9-13-22(14-10-20)24-7-4-5-8-25(24)30-34-31(37)38-35-30/h4-5,7-16,26H,3,6,17-18H2,1-2H3,(H,34,35,37). The Morgan fingerprint density at radius 1 is 0.921 bits per heavy atom. The summed E-state index contributed by atoms with van der Waals surface area (Å²) in [6, 6.07) is 22.0. The first-order valence-corrected chi connectivity index (χ1v) is 12.7. The molecular formula is C31H28FN3O3. The SMILES string of the molecule is CCCC1=C(Cc2ccc(-c3ccccc3-c3noc(=O)[nH]3)cc2)C(=O)C(Cc2ccc(F)cc2)C(C)=N1. The van der Waals surface area contributed by atoms with E-state index in [9.17, 15) is 14.0 Å². The monoisotopic (exact) mass is 509 g/mol. The zero-order valence-corrected chi connectivity index (χ0v) is 21.3. The minimum Gasteiger partial charge on any atom is -0.296 e. The number of Topliss-reactive ketones (excluding diaryl/α,β-unsaturated/α-hetero) is 1. The van der Waals surface area contributed by atoms with E-state index in [1.54, 1.807) is 12.1 Å². The summed E-state index contributed by atoms with van der Waals surface area (Å²) in [5.41, 5.74) is 6.95. The third kappa shape index (κ3) is 5.32. The molecule has 1 aromatic heterocycles. The first-order valence-electron chi connectivity index (χ1n) is 12.7. The fourth-order valence-corrected chi connectivity index (χ4v) is 4.92. The number of nitrogens with one attached hydrogen (secondary N) is 1. The minimum atomic E-state index is -0.603. The van der Waals surface area contributed by atoms with E-state index in [4.69, 9.17) is 4.99 Å². The largest absolute Gasteiger partial charge is 0.439 e. The van der Waals surface area contributed by atoms with Gasteiger partial charge in [-0.1, -0.05) is 79.2 Å². The minimum absolute atomic E-state index is 0.0923. The second-order valence-corrected chi connectivity index (χ2v) is 9.54. The molecule has 0 aliphatic carbocycles. The highest BCUT2D eigenvalue weighted by molar-refractivity contribution is 6.14. The Labute approximate surface area is 219 Å². The topological polar surface area (TPSA) is 88.3 Å². The molecule has 5 rings (SSSR count). The van der Waals surface area contributed by atoms with Crippen molar-refractivity contribution in [1.29, 1.82) is 0 Å². The van der Waals surface area contributed by atoms with E-state index in [2.05, 4.69) is 21.6 Å². The highest BCUT2D eigenvalue weighted by atomic mass is 19.1. The van der Waals surface area contributed by atoms with Gasteiger partial charge in [0.05, 0.1) is 5.92 Å². The lowest BCUT2D eigenvalue weighted by atomic mass is 9.82. The van der Waals surface area contributed by atoms with Gasteiger partial charge in [0.1, 0.15) is 5.82 Å². The van der Waals surface area contributed by atoms with Crippen LogP contribution in [0.5, 0.6) is 0 Å². The molecule has 1 N–H and O–H groups in total. The van der Waals surface area contributed by atoms with Crippen LogP contribution in [-0.4, -0.2) is 21.6 Å². The molecule has 192 valence electrons. The number of allylic oxidation sites excluding steroid dienone is 2. The number of carbonyl (C=O) groups is 1. The van der Waals surface area contributed by atoms with Crippen LogP contribution >= 0.6 is 0 Å². The number of aliphatic imine (C=N–C) groups is 1. The van der Waals surface area contributed by atoms with E-state index in [-0.39, 0.29) is 17.5 Å². The molecule has 1 aliphatic rings. The molecule has 0 bridgehead atoms. The van der Waals surface area contributed by atoms with Crippen LogP contribution in [0.4, 0.5) is 4.39 Å². The summed E-state index contributed by atoms with van der Waals surface area (Å²) in [5, 5.41) is 3.83. The van der Waals surface area contributed by atoms with Crippen molar-refractivity contribution in [3.63, 3.8) is 0 Å². The number of hydrogen-bond acceptors (Lipinski definition) is 5. The quantitative estimate of drug-likeness (QED) is 0.300. The Morgan fingerprint density at radius 2 is 1.61 bits per heavy atom. The first-order chi connectivity index (χ1) is 18.4. The molecule has 0 amide bonds. The fourth-order valence-electron chi connectivity index (χ4n) is 4.92. The molecular weight excluding hydrogens is 481 g/mol. The molecule has 7 heteroatoms. The maximum atomic E-state index is 13.7. The van der Waals surface area contributed by atoms with Crippen LogP contribution in [0.2, 0.25) is 0 Å². The summed E-state index contributed by atoms with van der Waals surface area (Å²) < 4.78 is 18.1. The van der Waals surface area contributed by atoms with Gasteiger partial charge in [-0.05, 0) is 54.2 Å². The number of benzene rings is 3. The van der Waals surface area contributed by atoms with Gasteiger partial charge in [0, 0.05) is 29.0 Å². The van der Waals surface area contributed by atoms with Gasteiger partial charge in [-0.2, -0.15) is 0 Å². The fraction of sp³-hybridized carbons (Fsp3) is 0.226. The van der Waals surface area contributed by atoms with Crippen molar-refractivity contribution in [2.45, 2.75) is 39.5 Å². The lowest BCUT2D eigenvalue weighted by Crippen LogP contribution is -2.31. The van der Waals surface area contributed by atoms with E-state index >= 15 is 0 Å². The van der Waals surface area contributed by atoms with Crippen LogP contribution in [0.15, 0.2) is 98.4 Å². The molecule has 4 aromatic rings. The number of ketones is 1. The summed E-state index contributed by atoms with van der Waals surface area (Å²) in [7, 11) is 0. The maximum absolute atomic E-state index is 13.7. The molecule has 1 atom stereocenters. The number of nitrogens with zero attached hydrogens (tertiary/aromatic N) is 2. The van der Waals surface area contributed by atoms with Crippen molar-refractivity contribution in [2.75, 3.05) is 0 Å². The lowest BCUT2D eigenvalue weighted by molar-refractivity contribution is -0.117. The summed E-state index contributed by atoms with van der Waals surface area (Å²) in [6.07, 6.45) is 2.62. The summed E-state index contributed by atoms with van der Waals surface area (Å²) >= 11 is 0. The second kappa shape index (κ2) is 10.9. The van der Waals surface area contributed by atoms with Crippen LogP contribution in [0.3, 0.4) is 0 Å². The maximum Gasteiger partial charge on any atom is 0.439 e. The van der Waals surface area contributed by atoms with Gasteiger partial charge in [0.2, 0.25) is 0 Å². The van der Waals surface area contributed by atoms with Crippen LogP contribution in [-0.2, 0) is 17.6 Å². The average Bonchev–Trinajstić information content (AvgIpc) is 3.36. The van der Waals surface area contributed by atoms with Crippen LogP contribution in [0.25, 0.3) is 22.5 Å². The molecule has 0 saturated carbocycles. The van der Waals surface area contributed by atoms with Gasteiger partial charge in [-0.25, -0.2) is 9.18 Å². The number of halogens is 1. The van der Waals surface area contributed by atoms with E-state index in [0.717, 1.165) is 57.6 Å². The second-order valence-electron chi connectivity index (χ2n) is 9.54. The molecule has 2 heterocycles. The van der Waals surface area contributed by atoms with Crippen molar-refractivity contribution >= 4 is 11.5 Å². The number of rotatable bonds is 8. The summed E-state index contributed by atoms with van der Waals surface area (Å²) in [4.78, 5) is 32.7. The number of H-pyrrole nitrogens is 1. The molecule has 1 aliphatic heterocycles. The lowest BCUT2D eigenvalue weighted by Gasteiger charge is -2.25. The smallest absolute Gasteiger partial charge is 0.296 e. The van der Waals surface area contributed by atoms with Crippen LogP contribution in [0.1, 0.15) is 37.8 Å². The number of aromatic nitrogens is 2. The van der Waals surface area contributed by atoms with E-state index in [1.807, 2.05) is 55.5 Å². The van der Waals surface area contributed by atoms with E-state index < -0.39 is 5.76 Å². The summed E-state index contributed by atoms with van der Waals surface area (Å²) in [6.45, 7) is 3.99. The molecule has 0 radical (unpaired) electrons. The number of aromatic amines is 1. The molecule has 0 spiro atoms. The highest BCUT2D eigenvalue weighted by Crippen LogP contribution is 2.32. The molecule has 6 nitrogen and oxygen atoms in total. The van der Waals surface area contributed by atoms with Gasteiger partial charge in [-0.3, -0.25) is 19.3 Å². The van der Waals surface area contributed by atoms with Crippen molar-refractivity contribution in [2.24, 2.45) is 10.9 Å². The highest BCUT2D eigenvalue weighted by Gasteiger charge is 2.31. The Morgan fingerprint density at radius 3 is 2.26 bits per heavy atom.